The predicted molar refractivity (Wildman–Crippen MR) is 62.5 cm³/mol. The lowest BCUT2D eigenvalue weighted by Gasteiger charge is -2.24. The van der Waals surface area contributed by atoms with Gasteiger partial charge in [0, 0.05) is 19.7 Å². The Balaban J connectivity index is 3.00. The summed E-state index contributed by atoms with van der Waals surface area (Å²) in [6, 6.07) is 1.22. The van der Waals surface area contributed by atoms with E-state index < -0.39 is 19.3 Å². The summed E-state index contributed by atoms with van der Waals surface area (Å²) in [6.07, 6.45) is -4.41. The smallest absolute Gasteiger partial charge is 0.395 e. The van der Waals surface area contributed by atoms with E-state index in [2.05, 4.69) is 9.97 Å². The summed E-state index contributed by atoms with van der Waals surface area (Å²) in [5, 5.41) is 8.83. The highest BCUT2D eigenvalue weighted by molar-refractivity contribution is 5.47. The van der Waals surface area contributed by atoms with Crippen LogP contribution >= 0.6 is 0 Å². The van der Waals surface area contributed by atoms with E-state index in [1.54, 1.807) is 0 Å². The van der Waals surface area contributed by atoms with Gasteiger partial charge in [0.15, 0.2) is 5.82 Å². The molecule has 0 bridgehead atoms. The molecule has 3 N–H and O–H groups in total. The molecule has 9 heteroatoms. The Bertz CT molecular complexity index is 414. The number of halogens is 3. The van der Waals surface area contributed by atoms with Crippen LogP contribution in [-0.4, -0.2) is 48.1 Å². The quantitative estimate of drug-likeness (QED) is 0.792. The summed E-state index contributed by atoms with van der Waals surface area (Å²) in [6.45, 7) is -1.82. The van der Waals surface area contributed by atoms with Gasteiger partial charge in [-0.15, -0.1) is 0 Å². The van der Waals surface area contributed by atoms with Crippen molar-refractivity contribution in [1.82, 2.24) is 9.97 Å². The molecule has 1 aromatic heterocycles. The van der Waals surface area contributed by atoms with E-state index in [4.69, 9.17) is 15.6 Å². The van der Waals surface area contributed by atoms with Gasteiger partial charge in [0.05, 0.1) is 6.61 Å². The maximum absolute atomic E-state index is 12.4. The van der Waals surface area contributed by atoms with Crippen LogP contribution in [-0.2, 0) is 11.3 Å². The van der Waals surface area contributed by atoms with Crippen molar-refractivity contribution in [2.75, 3.05) is 37.4 Å². The van der Waals surface area contributed by atoms with Gasteiger partial charge in [-0.1, -0.05) is 0 Å². The summed E-state index contributed by atoms with van der Waals surface area (Å²) in [7, 11) is 1.41. The fraction of sp³-hybridized carbons (Fsp3) is 0.600. The first-order chi connectivity index (χ1) is 8.85. The summed E-state index contributed by atoms with van der Waals surface area (Å²) < 4.78 is 42.1. The monoisotopic (exact) mass is 280 g/mol. The molecule has 0 amide bonds. The van der Waals surface area contributed by atoms with Crippen LogP contribution in [0.3, 0.4) is 0 Å². The molecule has 0 aliphatic rings. The fourth-order valence-corrected chi connectivity index (χ4v) is 1.47. The number of aromatic nitrogens is 2. The third-order valence-corrected chi connectivity index (χ3v) is 2.12. The molecule has 108 valence electrons. The SMILES string of the molecule is COCc1nc(N)cc(N(CCO)CC(F)(F)F)n1. The highest BCUT2D eigenvalue weighted by Gasteiger charge is 2.31. The molecule has 1 heterocycles. The molecule has 19 heavy (non-hydrogen) atoms. The second kappa shape index (κ2) is 6.53. The van der Waals surface area contributed by atoms with Crippen LogP contribution in [0.1, 0.15) is 5.82 Å². The number of nitrogens with two attached hydrogens (primary N) is 1. The fourth-order valence-electron chi connectivity index (χ4n) is 1.47. The zero-order valence-corrected chi connectivity index (χ0v) is 10.3. The lowest BCUT2D eigenvalue weighted by Crippen LogP contribution is -2.37. The number of anilines is 2. The van der Waals surface area contributed by atoms with Crippen LogP contribution in [0.25, 0.3) is 0 Å². The van der Waals surface area contributed by atoms with Crippen LogP contribution in [0.4, 0.5) is 24.8 Å². The number of aliphatic hydroxyl groups is 1. The summed E-state index contributed by atoms with van der Waals surface area (Å²) >= 11 is 0. The standard InChI is InChI=1S/C10H15F3N4O2/c1-19-5-8-15-7(14)4-9(16-8)17(2-3-18)6-10(11,12)13/h4,18H,2-3,5-6H2,1H3,(H2,14,15,16). The van der Waals surface area contributed by atoms with E-state index in [-0.39, 0.29) is 30.6 Å². The van der Waals surface area contributed by atoms with Crippen LogP contribution < -0.4 is 10.6 Å². The van der Waals surface area contributed by atoms with Crippen LogP contribution in [0.5, 0.6) is 0 Å². The van der Waals surface area contributed by atoms with Gasteiger partial charge < -0.3 is 20.5 Å². The highest BCUT2D eigenvalue weighted by Crippen LogP contribution is 2.21. The number of methoxy groups -OCH3 is 1. The van der Waals surface area contributed by atoms with Gasteiger partial charge in [-0.25, -0.2) is 9.97 Å². The van der Waals surface area contributed by atoms with Crippen molar-refractivity contribution in [3.05, 3.63) is 11.9 Å². The van der Waals surface area contributed by atoms with Crippen LogP contribution in [0, 0.1) is 0 Å². The number of rotatable bonds is 6. The molecule has 0 spiro atoms. The number of ether oxygens (including phenoxy) is 1. The van der Waals surface area contributed by atoms with Gasteiger partial charge in [-0.3, -0.25) is 0 Å². The average molecular weight is 280 g/mol. The molecular weight excluding hydrogens is 265 g/mol. The van der Waals surface area contributed by atoms with Crippen molar-refractivity contribution in [3.8, 4) is 0 Å². The molecular formula is C10H15F3N4O2. The molecule has 0 saturated carbocycles. The molecule has 0 unspecified atom stereocenters. The maximum Gasteiger partial charge on any atom is 0.405 e. The van der Waals surface area contributed by atoms with Crippen molar-refractivity contribution in [3.63, 3.8) is 0 Å². The Kier molecular flexibility index (Phi) is 5.31. The number of nitrogen functional groups attached to an aromatic ring is 1. The van der Waals surface area contributed by atoms with Gasteiger partial charge in [-0.2, -0.15) is 13.2 Å². The van der Waals surface area contributed by atoms with E-state index in [9.17, 15) is 13.2 Å². The molecule has 6 nitrogen and oxygen atoms in total. The van der Waals surface area contributed by atoms with Gasteiger partial charge in [0.1, 0.15) is 24.8 Å². The first-order valence-electron chi connectivity index (χ1n) is 5.40. The number of nitrogens with zero attached hydrogens (tertiary/aromatic N) is 3. The molecule has 0 atom stereocenters. The van der Waals surface area contributed by atoms with Crippen molar-refractivity contribution < 1.29 is 23.0 Å². The predicted octanol–water partition coefficient (Wildman–Crippen LogP) is 0.566. The third-order valence-electron chi connectivity index (χ3n) is 2.12. The van der Waals surface area contributed by atoms with E-state index >= 15 is 0 Å². The topological polar surface area (TPSA) is 84.5 Å². The minimum absolute atomic E-state index is 0.00549. The second-order valence-electron chi connectivity index (χ2n) is 3.76. The van der Waals surface area contributed by atoms with Crippen LogP contribution in [0.2, 0.25) is 0 Å². The Morgan fingerprint density at radius 3 is 2.63 bits per heavy atom. The Labute approximate surface area is 108 Å². The lowest BCUT2D eigenvalue weighted by molar-refractivity contribution is -0.120. The van der Waals surface area contributed by atoms with Crippen LogP contribution in [0.15, 0.2) is 6.07 Å². The molecule has 1 aromatic rings. The lowest BCUT2D eigenvalue weighted by atomic mass is 10.4. The Morgan fingerprint density at radius 1 is 1.42 bits per heavy atom. The van der Waals surface area contributed by atoms with Gasteiger partial charge >= 0.3 is 6.18 Å². The summed E-state index contributed by atoms with van der Waals surface area (Å²) in [5.41, 5.74) is 5.51. The minimum Gasteiger partial charge on any atom is -0.395 e. The first kappa shape index (κ1) is 15.4. The largest absolute Gasteiger partial charge is 0.405 e. The molecule has 0 radical (unpaired) electrons. The summed E-state index contributed by atoms with van der Waals surface area (Å²) in [4.78, 5) is 8.65. The number of hydrogen-bond donors (Lipinski definition) is 2. The maximum atomic E-state index is 12.4. The molecule has 1 rings (SSSR count). The average Bonchev–Trinajstić information content (AvgIpc) is 2.26. The highest BCUT2D eigenvalue weighted by atomic mass is 19.4. The van der Waals surface area contributed by atoms with E-state index in [1.165, 1.54) is 13.2 Å². The molecule has 0 saturated heterocycles. The van der Waals surface area contributed by atoms with Crippen molar-refractivity contribution in [2.24, 2.45) is 0 Å². The third kappa shape index (κ3) is 5.26. The Hall–Kier alpha value is -1.61. The summed E-state index contributed by atoms with van der Waals surface area (Å²) in [5.74, 6) is 0.232. The normalized spacial score (nSPS) is 11.6. The minimum atomic E-state index is -4.41. The zero-order valence-electron chi connectivity index (χ0n) is 10.3. The Morgan fingerprint density at radius 2 is 2.11 bits per heavy atom. The molecule has 0 aromatic carbocycles. The molecule has 0 fully saturated rings. The second-order valence-corrected chi connectivity index (χ2v) is 3.76. The number of hydrogen-bond acceptors (Lipinski definition) is 6. The number of alkyl halides is 3. The van der Waals surface area contributed by atoms with Crippen molar-refractivity contribution in [2.45, 2.75) is 12.8 Å². The molecule has 0 aliphatic heterocycles. The van der Waals surface area contributed by atoms with E-state index in [0.717, 1.165) is 4.90 Å². The van der Waals surface area contributed by atoms with Gasteiger partial charge in [0.25, 0.3) is 0 Å². The zero-order chi connectivity index (χ0) is 14.5. The molecule has 0 aliphatic carbocycles. The van der Waals surface area contributed by atoms with Gasteiger partial charge in [-0.05, 0) is 0 Å². The van der Waals surface area contributed by atoms with Crippen molar-refractivity contribution >= 4 is 11.6 Å². The van der Waals surface area contributed by atoms with E-state index in [1.807, 2.05) is 0 Å². The number of aliphatic hydroxyl groups excluding tert-OH is 1. The van der Waals surface area contributed by atoms with Gasteiger partial charge in [0.2, 0.25) is 0 Å². The first-order valence-corrected chi connectivity index (χ1v) is 5.40. The van der Waals surface area contributed by atoms with E-state index in [0.29, 0.717) is 0 Å². The van der Waals surface area contributed by atoms with Crippen molar-refractivity contribution in [1.29, 1.82) is 0 Å².